The average molecular weight is 502 g/mol. The lowest BCUT2D eigenvalue weighted by atomic mass is 10.2. The molecular weight excluding hydrogens is 470 g/mol. The number of hydrogen-bond acceptors (Lipinski definition) is 6. The number of carbonyl (C=O) groups excluding carboxylic acids is 1. The van der Waals surface area contributed by atoms with E-state index in [0.29, 0.717) is 16.6 Å². The van der Waals surface area contributed by atoms with Crippen LogP contribution in [0.3, 0.4) is 0 Å². The summed E-state index contributed by atoms with van der Waals surface area (Å²) in [6.45, 7) is 5.87. The van der Waals surface area contributed by atoms with E-state index in [4.69, 9.17) is 9.73 Å². The number of ether oxygens (including phenoxy) is 1. The summed E-state index contributed by atoms with van der Waals surface area (Å²) in [5.74, 6) is -0.0121. The molecule has 0 N–H and O–H groups in total. The lowest BCUT2D eigenvalue weighted by Crippen LogP contribution is -2.36. The summed E-state index contributed by atoms with van der Waals surface area (Å²) < 4.78 is 7.54. The van der Waals surface area contributed by atoms with Crippen molar-refractivity contribution in [3.63, 3.8) is 0 Å². The molecule has 36 heavy (non-hydrogen) atoms. The zero-order valence-electron chi connectivity index (χ0n) is 20.9. The molecule has 186 valence electrons. The lowest BCUT2D eigenvalue weighted by Gasteiger charge is -2.28. The van der Waals surface area contributed by atoms with Crippen LogP contribution < -0.4 is 9.80 Å². The van der Waals surface area contributed by atoms with Crippen LogP contribution in [-0.2, 0) is 9.53 Å². The van der Waals surface area contributed by atoms with Crippen LogP contribution in [0.4, 0.5) is 17.1 Å². The molecule has 1 aromatic heterocycles. The molecule has 2 saturated heterocycles. The van der Waals surface area contributed by atoms with Crippen LogP contribution in [0.25, 0.3) is 11.8 Å². The molecule has 7 nitrogen and oxygen atoms in total. The van der Waals surface area contributed by atoms with Crippen molar-refractivity contribution < 1.29 is 9.53 Å². The van der Waals surface area contributed by atoms with Crippen molar-refractivity contribution in [2.45, 2.75) is 6.92 Å². The smallest absolute Gasteiger partial charge is 0.266 e. The van der Waals surface area contributed by atoms with Crippen LogP contribution in [0.15, 0.2) is 76.8 Å². The minimum Gasteiger partial charge on any atom is -0.378 e. The molecule has 1 amide bonds. The summed E-state index contributed by atoms with van der Waals surface area (Å²) in [5.41, 5.74) is 5.16. The highest BCUT2D eigenvalue weighted by Gasteiger charge is 2.32. The Kier molecular flexibility index (Phi) is 7.16. The number of aromatic nitrogens is 1. The molecule has 0 unspecified atom stereocenters. The summed E-state index contributed by atoms with van der Waals surface area (Å²) in [6.07, 6.45) is 3.98. The van der Waals surface area contributed by atoms with Gasteiger partial charge in [0.15, 0.2) is 5.17 Å². The molecule has 2 aliphatic heterocycles. The third-order valence-electron chi connectivity index (χ3n) is 6.36. The molecule has 5 rings (SSSR count). The van der Waals surface area contributed by atoms with Gasteiger partial charge in [0.25, 0.3) is 5.91 Å². The molecule has 0 atom stereocenters. The van der Waals surface area contributed by atoms with Gasteiger partial charge in [0.05, 0.1) is 23.8 Å². The third kappa shape index (κ3) is 5.05. The largest absolute Gasteiger partial charge is 0.378 e. The fourth-order valence-electron chi connectivity index (χ4n) is 4.33. The number of rotatable bonds is 6. The molecule has 3 heterocycles. The monoisotopic (exact) mass is 501 g/mol. The van der Waals surface area contributed by atoms with Crippen molar-refractivity contribution in [1.82, 2.24) is 9.47 Å². The molecule has 0 aliphatic carbocycles. The molecule has 2 aliphatic rings. The zero-order valence-corrected chi connectivity index (χ0v) is 21.7. The highest BCUT2D eigenvalue weighted by atomic mass is 32.2. The molecule has 0 saturated carbocycles. The van der Waals surface area contributed by atoms with Gasteiger partial charge in [0, 0.05) is 62.7 Å². The SMILES string of the molecule is CCN1C(=O)/C(=C/c2cccn2-c2ccc(N(C)C)cc2)SC1=Nc1ccc(N2CCOCC2)cc1. The molecule has 8 heteroatoms. The minimum atomic E-state index is -0.0121. The van der Waals surface area contributed by atoms with E-state index in [1.807, 2.05) is 57.6 Å². The predicted molar refractivity (Wildman–Crippen MR) is 150 cm³/mol. The molecule has 0 spiro atoms. The standard InChI is InChI=1S/C28H31N5O2S/c1-4-32-27(34)26(20-25-6-5-15-33(25)24-13-11-22(12-14-24)30(2)3)36-28(32)29-21-7-9-23(10-8-21)31-16-18-35-19-17-31/h5-15,20H,4,16-19H2,1-3H3/b26-20-,29-28?. The number of thioether (sulfide) groups is 1. The zero-order chi connectivity index (χ0) is 25.1. The van der Waals surface area contributed by atoms with Gasteiger partial charge in [-0.2, -0.15) is 0 Å². The average Bonchev–Trinajstić information content (AvgIpc) is 3.49. The van der Waals surface area contributed by atoms with E-state index < -0.39 is 0 Å². The molecular formula is C28H31N5O2S. The Hall–Kier alpha value is -3.49. The highest BCUT2D eigenvalue weighted by Crippen LogP contribution is 2.35. The first-order valence-electron chi connectivity index (χ1n) is 12.2. The summed E-state index contributed by atoms with van der Waals surface area (Å²) in [4.78, 5) is 24.8. The maximum atomic E-state index is 13.2. The van der Waals surface area contributed by atoms with E-state index in [9.17, 15) is 4.79 Å². The molecule has 3 aromatic rings. The van der Waals surface area contributed by atoms with Gasteiger partial charge in [-0.3, -0.25) is 9.69 Å². The Balaban J connectivity index is 1.37. The molecule has 0 bridgehead atoms. The van der Waals surface area contributed by atoms with E-state index in [-0.39, 0.29) is 5.91 Å². The number of hydrogen-bond donors (Lipinski definition) is 0. The van der Waals surface area contributed by atoms with Crippen LogP contribution in [0, 0.1) is 0 Å². The first-order chi connectivity index (χ1) is 17.5. The van der Waals surface area contributed by atoms with Gasteiger partial charge in [-0.05, 0) is 85.4 Å². The number of amidine groups is 1. The van der Waals surface area contributed by atoms with Crippen molar-refractivity contribution in [2.24, 2.45) is 4.99 Å². The van der Waals surface area contributed by atoms with Gasteiger partial charge in [-0.15, -0.1) is 0 Å². The van der Waals surface area contributed by atoms with Gasteiger partial charge in [0.2, 0.25) is 0 Å². The van der Waals surface area contributed by atoms with Crippen LogP contribution in [0.1, 0.15) is 12.6 Å². The normalized spacial score (nSPS) is 18.5. The second-order valence-corrected chi connectivity index (χ2v) is 9.89. The Morgan fingerprint density at radius 1 is 1.00 bits per heavy atom. The maximum Gasteiger partial charge on any atom is 0.266 e. The quantitative estimate of drug-likeness (QED) is 0.445. The van der Waals surface area contributed by atoms with Crippen molar-refractivity contribution in [1.29, 1.82) is 0 Å². The lowest BCUT2D eigenvalue weighted by molar-refractivity contribution is -0.122. The summed E-state index contributed by atoms with van der Waals surface area (Å²) in [5, 5.41) is 0.710. The Labute approximate surface area is 216 Å². The minimum absolute atomic E-state index is 0.0121. The van der Waals surface area contributed by atoms with E-state index in [2.05, 4.69) is 50.8 Å². The first kappa shape index (κ1) is 24.2. The summed E-state index contributed by atoms with van der Waals surface area (Å²) in [6, 6.07) is 20.6. The van der Waals surface area contributed by atoms with Crippen LogP contribution in [0.5, 0.6) is 0 Å². The van der Waals surface area contributed by atoms with Gasteiger partial charge < -0.3 is 19.1 Å². The van der Waals surface area contributed by atoms with Gasteiger partial charge in [0.1, 0.15) is 0 Å². The van der Waals surface area contributed by atoms with E-state index >= 15 is 0 Å². The Morgan fingerprint density at radius 2 is 1.69 bits per heavy atom. The maximum absolute atomic E-state index is 13.2. The van der Waals surface area contributed by atoms with Gasteiger partial charge in [-0.1, -0.05) is 0 Å². The second kappa shape index (κ2) is 10.6. The van der Waals surface area contributed by atoms with E-state index in [1.165, 1.54) is 17.4 Å². The number of amides is 1. The van der Waals surface area contributed by atoms with Gasteiger partial charge >= 0.3 is 0 Å². The summed E-state index contributed by atoms with van der Waals surface area (Å²) >= 11 is 1.43. The van der Waals surface area contributed by atoms with Crippen molar-refractivity contribution in [2.75, 3.05) is 56.7 Å². The van der Waals surface area contributed by atoms with E-state index in [1.54, 1.807) is 4.90 Å². The molecule has 2 aromatic carbocycles. The van der Waals surface area contributed by atoms with Crippen molar-refractivity contribution in [3.05, 3.63) is 77.5 Å². The molecule has 0 radical (unpaired) electrons. The Bertz CT molecular complexity index is 1270. The number of nitrogens with zero attached hydrogens (tertiary/aromatic N) is 5. The first-order valence-corrected chi connectivity index (χ1v) is 13.0. The number of aliphatic imine (C=N–C) groups is 1. The number of morpholine rings is 1. The third-order valence-corrected chi connectivity index (χ3v) is 7.37. The number of likely N-dealkylation sites (N-methyl/N-ethyl adjacent to an activating group) is 1. The Morgan fingerprint density at radius 3 is 2.36 bits per heavy atom. The van der Waals surface area contributed by atoms with E-state index in [0.717, 1.165) is 49.1 Å². The topological polar surface area (TPSA) is 53.3 Å². The van der Waals surface area contributed by atoms with Crippen LogP contribution in [0.2, 0.25) is 0 Å². The molecule has 2 fully saturated rings. The van der Waals surface area contributed by atoms with Crippen LogP contribution >= 0.6 is 11.8 Å². The van der Waals surface area contributed by atoms with Crippen molar-refractivity contribution in [3.8, 4) is 5.69 Å². The fraction of sp³-hybridized carbons (Fsp3) is 0.286. The number of benzene rings is 2. The van der Waals surface area contributed by atoms with Crippen molar-refractivity contribution >= 4 is 46.0 Å². The van der Waals surface area contributed by atoms with Crippen LogP contribution in [-0.4, -0.2) is 67.5 Å². The second-order valence-electron chi connectivity index (χ2n) is 8.88. The summed E-state index contributed by atoms with van der Waals surface area (Å²) in [7, 11) is 4.06. The number of carbonyl (C=O) groups is 1. The predicted octanol–water partition coefficient (Wildman–Crippen LogP) is 5.00. The number of anilines is 2. The highest BCUT2D eigenvalue weighted by molar-refractivity contribution is 8.18. The fourth-order valence-corrected chi connectivity index (χ4v) is 5.38. The van der Waals surface area contributed by atoms with Gasteiger partial charge in [-0.25, -0.2) is 4.99 Å².